The molecule has 0 fully saturated rings. The Hall–Kier alpha value is -3.74. The normalized spacial score (nSPS) is 10.7. The third-order valence-corrected chi connectivity index (χ3v) is 3.53. The summed E-state index contributed by atoms with van der Waals surface area (Å²) < 4.78 is 10.5. The van der Waals surface area contributed by atoms with Crippen molar-refractivity contribution in [3.05, 3.63) is 77.8 Å². The van der Waals surface area contributed by atoms with E-state index in [9.17, 15) is 9.59 Å². The second-order valence-electron chi connectivity index (χ2n) is 5.17. The number of nitrogens with one attached hydrogen (secondary N) is 1. The maximum atomic E-state index is 11.9. The Morgan fingerprint density at radius 2 is 1.88 bits per heavy atom. The molecular weight excluding hydrogens is 334 g/mol. The van der Waals surface area contributed by atoms with Crippen molar-refractivity contribution in [1.29, 1.82) is 0 Å². The Bertz CT molecular complexity index is 948. The topological polar surface area (TPSA) is 93.8 Å². The summed E-state index contributed by atoms with van der Waals surface area (Å²) in [5, 5.41) is 3.87. The summed E-state index contributed by atoms with van der Waals surface area (Å²) in [6, 6.07) is 13.5. The Morgan fingerprint density at radius 1 is 1.12 bits per heavy atom. The summed E-state index contributed by atoms with van der Waals surface area (Å²) in [5.41, 5.74) is 3.86. The van der Waals surface area contributed by atoms with Gasteiger partial charge in [0.2, 0.25) is 0 Å². The van der Waals surface area contributed by atoms with Gasteiger partial charge in [-0.1, -0.05) is 18.2 Å². The lowest BCUT2D eigenvalue weighted by Crippen LogP contribution is -2.17. The predicted octanol–water partition coefficient (Wildman–Crippen LogP) is 2.89. The molecule has 0 saturated heterocycles. The van der Waals surface area contributed by atoms with Crippen molar-refractivity contribution < 1.29 is 18.7 Å². The number of furan rings is 1. The highest BCUT2D eigenvalue weighted by Crippen LogP contribution is 2.25. The van der Waals surface area contributed by atoms with Crippen LogP contribution in [0.1, 0.15) is 26.5 Å². The lowest BCUT2D eigenvalue weighted by molar-refractivity contribution is 0.0601. The van der Waals surface area contributed by atoms with Gasteiger partial charge in [-0.2, -0.15) is 5.10 Å². The maximum Gasteiger partial charge on any atom is 0.338 e. The number of rotatable bonds is 5. The first-order valence-corrected chi connectivity index (χ1v) is 7.70. The fourth-order valence-corrected chi connectivity index (χ4v) is 2.28. The number of carbonyl (C=O) groups excluding carboxylic acids is 2. The van der Waals surface area contributed by atoms with Gasteiger partial charge in [0.05, 0.1) is 18.9 Å². The first-order chi connectivity index (χ1) is 12.7. The van der Waals surface area contributed by atoms with Crippen LogP contribution in [0.15, 0.2) is 70.4 Å². The molecule has 0 bridgehead atoms. The molecule has 26 heavy (non-hydrogen) atoms. The molecule has 0 aliphatic heterocycles. The van der Waals surface area contributed by atoms with Gasteiger partial charge in [-0.3, -0.25) is 9.78 Å². The van der Waals surface area contributed by atoms with E-state index in [4.69, 9.17) is 9.15 Å². The molecule has 2 aromatic heterocycles. The van der Waals surface area contributed by atoms with E-state index in [1.54, 1.807) is 48.5 Å². The Labute approximate surface area is 149 Å². The van der Waals surface area contributed by atoms with E-state index in [-0.39, 0.29) is 5.91 Å². The van der Waals surface area contributed by atoms with Gasteiger partial charge in [-0.25, -0.2) is 10.2 Å². The van der Waals surface area contributed by atoms with Crippen molar-refractivity contribution in [2.45, 2.75) is 0 Å². The van der Waals surface area contributed by atoms with Crippen molar-refractivity contribution in [3.8, 4) is 11.3 Å². The summed E-state index contributed by atoms with van der Waals surface area (Å²) in [6.45, 7) is 0. The van der Waals surface area contributed by atoms with Crippen LogP contribution in [-0.2, 0) is 4.74 Å². The first-order valence-electron chi connectivity index (χ1n) is 7.70. The zero-order valence-corrected chi connectivity index (χ0v) is 13.9. The molecule has 3 aromatic rings. The molecule has 1 N–H and O–H groups in total. The summed E-state index contributed by atoms with van der Waals surface area (Å²) in [5.74, 6) is 0.117. The fraction of sp³-hybridized carbons (Fsp3) is 0.0526. The standard InChI is InChI=1S/C19H15N3O4/c1-25-19(24)16-5-3-2-4-15(16)17-7-6-14(26-17)12-21-22-18(23)13-8-10-20-11-9-13/h2-12H,1H3,(H,22,23)/b21-12-. The highest BCUT2D eigenvalue weighted by Gasteiger charge is 2.15. The number of aromatic nitrogens is 1. The molecule has 1 amide bonds. The zero-order valence-electron chi connectivity index (χ0n) is 13.9. The van der Waals surface area contributed by atoms with Crippen LogP contribution < -0.4 is 5.43 Å². The molecule has 0 saturated carbocycles. The van der Waals surface area contributed by atoms with Crippen LogP contribution in [0.2, 0.25) is 0 Å². The second-order valence-corrected chi connectivity index (χ2v) is 5.17. The molecule has 130 valence electrons. The molecular formula is C19H15N3O4. The highest BCUT2D eigenvalue weighted by molar-refractivity contribution is 5.97. The van der Waals surface area contributed by atoms with Crippen LogP contribution in [0.4, 0.5) is 0 Å². The van der Waals surface area contributed by atoms with Crippen molar-refractivity contribution in [2.75, 3.05) is 7.11 Å². The number of ether oxygens (including phenoxy) is 1. The number of benzene rings is 1. The van der Waals surface area contributed by atoms with Gasteiger partial charge in [0, 0.05) is 23.5 Å². The van der Waals surface area contributed by atoms with Crippen LogP contribution in [0.3, 0.4) is 0 Å². The SMILES string of the molecule is COC(=O)c1ccccc1-c1ccc(/C=N\NC(=O)c2ccncc2)o1. The molecule has 0 radical (unpaired) electrons. The van der Waals surface area contributed by atoms with Crippen LogP contribution in [0, 0.1) is 0 Å². The monoisotopic (exact) mass is 349 g/mol. The van der Waals surface area contributed by atoms with E-state index in [1.807, 2.05) is 0 Å². The summed E-state index contributed by atoms with van der Waals surface area (Å²) in [4.78, 5) is 27.6. The summed E-state index contributed by atoms with van der Waals surface area (Å²) in [7, 11) is 1.32. The molecule has 2 heterocycles. The molecule has 0 spiro atoms. The molecule has 7 nitrogen and oxygen atoms in total. The smallest absolute Gasteiger partial charge is 0.338 e. The number of methoxy groups -OCH3 is 1. The van der Waals surface area contributed by atoms with E-state index < -0.39 is 5.97 Å². The van der Waals surface area contributed by atoms with Crippen molar-refractivity contribution in [2.24, 2.45) is 5.10 Å². The van der Waals surface area contributed by atoms with Crippen molar-refractivity contribution in [3.63, 3.8) is 0 Å². The van der Waals surface area contributed by atoms with Crippen molar-refractivity contribution >= 4 is 18.1 Å². The summed E-state index contributed by atoms with van der Waals surface area (Å²) >= 11 is 0. The third kappa shape index (κ3) is 3.84. The average Bonchev–Trinajstić information content (AvgIpc) is 3.16. The lowest BCUT2D eigenvalue weighted by atomic mass is 10.1. The first kappa shape index (κ1) is 17.1. The molecule has 0 aliphatic rings. The van der Waals surface area contributed by atoms with Crippen molar-refractivity contribution in [1.82, 2.24) is 10.4 Å². The van der Waals surface area contributed by atoms with Gasteiger partial charge in [0.25, 0.3) is 5.91 Å². The number of esters is 1. The van der Waals surface area contributed by atoms with Crippen LogP contribution in [0.5, 0.6) is 0 Å². The van der Waals surface area contributed by atoms with E-state index in [0.717, 1.165) is 0 Å². The largest absolute Gasteiger partial charge is 0.465 e. The van der Waals surface area contributed by atoms with Gasteiger partial charge in [0.15, 0.2) is 0 Å². The predicted molar refractivity (Wildman–Crippen MR) is 94.8 cm³/mol. The molecule has 1 aromatic carbocycles. The number of nitrogens with zero attached hydrogens (tertiary/aromatic N) is 2. The third-order valence-electron chi connectivity index (χ3n) is 3.53. The fourth-order valence-electron chi connectivity index (χ4n) is 2.28. The average molecular weight is 349 g/mol. The number of hydrogen-bond acceptors (Lipinski definition) is 6. The molecule has 7 heteroatoms. The van der Waals surface area contributed by atoms with Crippen LogP contribution in [0.25, 0.3) is 11.3 Å². The minimum Gasteiger partial charge on any atom is -0.465 e. The lowest BCUT2D eigenvalue weighted by Gasteiger charge is -2.04. The quantitative estimate of drug-likeness (QED) is 0.434. The Balaban J connectivity index is 1.73. The molecule has 0 atom stereocenters. The number of hydrogen-bond donors (Lipinski definition) is 1. The molecule has 0 aliphatic carbocycles. The molecule has 0 unspecified atom stereocenters. The number of hydrazone groups is 1. The van der Waals surface area contributed by atoms with E-state index in [0.29, 0.717) is 28.2 Å². The van der Waals surface area contributed by atoms with E-state index in [2.05, 4.69) is 15.5 Å². The van der Waals surface area contributed by atoms with Gasteiger partial charge in [0.1, 0.15) is 11.5 Å². The maximum absolute atomic E-state index is 11.9. The van der Waals surface area contributed by atoms with Gasteiger partial charge >= 0.3 is 5.97 Å². The number of pyridine rings is 1. The minimum absolute atomic E-state index is 0.355. The van der Waals surface area contributed by atoms with Gasteiger partial charge in [-0.05, 0) is 30.3 Å². The van der Waals surface area contributed by atoms with Gasteiger partial charge < -0.3 is 9.15 Å². The Morgan fingerprint density at radius 3 is 2.65 bits per heavy atom. The number of carbonyl (C=O) groups is 2. The van der Waals surface area contributed by atoms with E-state index in [1.165, 1.54) is 25.7 Å². The summed E-state index contributed by atoms with van der Waals surface area (Å²) in [6.07, 6.45) is 4.43. The van der Waals surface area contributed by atoms with Crippen LogP contribution >= 0.6 is 0 Å². The second kappa shape index (κ2) is 7.89. The number of amides is 1. The zero-order chi connectivity index (χ0) is 18.4. The van der Waals surface area contributed by atoms with E-state index >= 15 is 0 Å². The highest BCUT2D eigenvalue weighted by atomic mass is 16.5. The Kier molecular flexibility index (Phi) is 5.19. The minimum atomic E-state index is -0.447. The van der Waals surface area contributed by atoms with Crippen LogP contribution in [-0.4, -0.2) is 30.2 Å². The molecule has 3 rings (SSSR count). The van der Waals surface area contributed by atoms with Gasteiger partial charge in [-0.15, -0.1) is 0 Å².